The molecule has 1 aromatic heterocycles. The Balaban J connectivity index is 2.29. The maximum Gasteiger partial charge on any atom is 0.410 e. The van der Waals surface area contributed by atoms with Gasteiger partial charge in [-0.25, -0.2) is 4.79 Å². The van der Waals surface area contributed by atoms with Crippen LogP contribution in [0.1, 0.15) is 32.9 Å². The van der Waals surface area contributed by atoms with E-state index in [2.05, 4.69) is 9.97 Å². The summed E-state index contributed by atoms with van der Waals surface area (Å²) in [4.78, 5) is 21.4. The summed E-state index contributed by atoms with van der Waals surface area (Å²) in [5.74, 6) is 0. The Bertz CT molecular complexity index is 374. The highest BCUT2D eigenvalue weighted by Gasteiger charge is 2.19. The highest BCUT2D eigenvalue weighted by molar-refractivity contribution is 5.67. The molecule has 0 spiro atoms. The van der Waals surface area contributed by atoms with Crippen LogP contribution in [-0.2, 0) is 11.2 Å². The lowest BCUT2D eigenvalue weighted by Crippen LogP contribution is -2.34. The summed E-state index contributed by atoms with van der Waals surface area (Å²) in [7, 11) is 1.74. The number of ether oxygens (including phenoxy) is 1. The van der Waals surface area contributed by atoms with Crippen molar-refractivity contribution in [3.63, 3.8) is 0 Å². The molecule has 0 unspecified atom stereocenters. The van der Waals surface area contributed by atoms with Gasteiger partial charge in [0.15, 0.2) is 0 Å². The molecule has 1 rings (SSSR count). The Morgan fingerprint density at radius 3 is 2.67 bits per heavy atom. The third-order valence-electron chi connectivity index (χ3n) is 2.25. The van der Waals surface area contributed by atoms with Gasteiger partial charge in [-0.1, -0.05) is 0 Å². The van der Waals surface area contributed by atoms with Crippen molar-refractivity contribution >= 4 is 6.09 Å². The number of amides is 1. The molecule has 0 atom stereocenters. The smallest absolute Gasteiger partial charge is 0.410 e. The van der Waals surface area contributed by atoms with Crippen molar-refractivity contribution in [2.75, 3.05) is 13.6 Å². The first-order chi connectivity index (χ1) is 8.38. The van der Waals surface area contributed by atoms with Gasteiger partial charge in [-0.15, -0.1) is 0 Å². The molecule has 1 amide bonds. The van der Waals surface area contributed by atoms with Crippen molar-refractivity contribution in [1.82, 2.24) is 14.9 Å². The summed E-state index contributed by atoms with van der Waals surface area (Å²) in [6.07, 6.45) is 6.42. The number of carbonyl (C=O) groups excluding carboxylic acids is 1. The molecule has 0 bridgehead atoms. The highest BCUT2D eigenvalue weighted by atomic mass is 16.6. The van der Waals surface area contributed by atoms with Crippen molar-refractivity contribution in [1.29, 1.82) is 0 Å². The van der Waals surface area contributed by atoms with Crippen molar-refractivity contribution < 1.29 is 9.53 Å². The predicted molar refractivity (Wildman–Crippen MR) is 69.2 cm³/mol. The van der Waals surface area contributed by atoms with Crippen molar-refractivity contribution in [2.45, 2.75) is 39.2 Å². The molecule has 0 aliphatic rings. The molecular formula is C13H21N3O2. The molecule has 5 heteroatoms. The summed E-state index contributed by atoms with van der Waals surface area (Å²) >= 11 is 0. The molecular weight excluding hydrogens is 230 g/mol. The quantitative estimate of drug-likeness (QED) is 0.823. The molecule has 0 fully saturated rings. The molecule has 5 nitrogen and oxygen atoms in total. The van der Waals surface area contributed by atoms with E-state index in [-0.39, 0.29) is 6.09 Å². The van der Waals surface area contributed by atoms with E-state index in [9.17, 15) is 4.79 Å². The summed E-state index contributed by atoms with van der Waals surface area (Å²) in [6.45, 7) is 6.22. The monoisotopic (exact) mass is 251 g/mol. The molecule has 0 aromatic carbocycles. The third kappa shape index (κ3) is 5.61. The lowest BCUT2D eigenvalue weighted by molar-refractivity contribution is 0.0297. The van der Waals surface area contributed by atoms with Crippen molar-refractivity contribution in [2.24, 2.45) is 0 Å². The van der Waals surface area contributed by atoms with E-state index >= 15 is 0 Å². The Morgan fingerprint density at radius 1 is 1.39 bits per heavy atom. The van der Waals surface area contributed by atoms with Gasteiger partial charge in [0.2, 0.25) is 0 Å². The fourth-order valence-corrected chi connectivity index (χ4v) is 1.39. The second-order valence-electron chi connectivity index (χ2n) is 5.20. The Morgan fingerprint density at radius 2 is 2.11 bits per heavy atom. The first-order valence-electron chi connectivity index (χ1n) is 6.07. The number of hydrogen-bond acceptors (Lipinski definition) is 4. The van der Waals surface area contributed by atoms with Crippen LogP contribution in [0.2, 0.25) is 0 Å². The fourth-order valence-electron chi connectivity index (χ4n) is 1.39. The highest BCUT2D eigenvalue weighted by Crippen LogP contribution is 2.09. The zero-order valence-electron chi connectivity index (χ0n) is 11.5. The molecule has 0 aliphatic heterocycles. The van der Waals surface area contributed by atoms with Crippen molar-refractivity contribution in [3.8, 4) is 0 Å². The summed E-state index contributed by atoms with van der Waals surface area (Å²) < 4.78 is 5.26. The molecule has 100 valence electrons. The first kappa shape index (κ1) is 14.4. The van der Waals surface area contributed by atoms with E-state index in [1.165, 1.54) is 0 Å². The first-order valence-corrected chi connectivity index (χ1v) is 6.07. The largest absolute Gasteiger partial charge is 0.444 e. The van der Waals surface area contributed by atoms with Gasteiger partial charge in [-0.05, 0) is 33.6 Å². The number of hydrogen-bond donors (Lipinski definition) is 0. The Labute approximate surface area is 108 Å². The number of carbonyl (C=O) groups is 1. The minimum atomic E-state index is -0.448. The van der Waals surface area contributed by atoms with Crippen LogP contribution in [0.3, 0.4) is 0 Å². The molecule has 1 heterocycles. The number of aromatic nitrogens is 2. The minimum Gasteiger partial charge on any atom is -0.444 e. The number of rotatable bonds is 4. The van der Waals surface area contributed by atoms with Gasteiger partial charge in [0.1, 0.15) is 5.60 Å². The summed E-state index contributed by atoms with van der Waals surface area (Å²) in [5, 5.41) is 0. The maximum absolute atomic E-state index is 11.7. The number of nitrogens with zero attached hydrogens (tertiary/aromatic N) is 3. The maximum atomic E-state index is 11.7. The lowest BCUT2D eigenvalue weighted by atomic mass is 10.2. The van der Waals surface area contributed by atoms with E-state index in [0.29, 0.717) is 6.54 Å². The van der Waals surface area contributed by atoms with Crippen LogP contribution in [0.25, 0.3) is 0 Å². The van der Waals surface area contributed by atoms with Gasteiger partial charge in [0.25, 0.3) is 0 Å². The van der Waals surface area contributed by atoms with Crippen LogP contribution in [0.4, 0.5) is 4.79 Å². The van der Waals surface area contributed by atoms with E-state index in [1.54, 1.807) is 30.5 Å². The fraction of sp³-hybridized carbons (Fsp3) is 0.615. The summed E-state index contributed by atoms with van der Waals surface area (Å²) in [6, 6.07) is 0. The third-order valence-corrected chi connectivity index (χ3v) is 2.25. The van der Waals surface area contributed by atoms with Crippen LogP contribution < -0.4 is 0 Å². The van der Waals surface area contributed by atoms with Crippen molar-refractivity contribution in [3.05, 3.63) is 24.3 Å². The van der Waals surface area contributed by atoms with Gasteiger partial charge < -0.3 is 9.64 Å². The average Bonchev–Trinajstić information content (AvgIpc) is 2.28. The standard InChI is InChI=1S/C13H21N3O2/c1-13(2,3)18-12(17)16(4)9-5-6-11-10-14-7-8-15-11/h7-8,10H,5-6,9H2,1-4H3. The second-order valence-corrected chi connectivity index (χ2v) is 5.20. The Hall–Kier alpha value is -1.65. The van der Waals surface area contributed by atoms with E-state index in [1.807, 2.05) is 20.8 Å². The Kier molecular flexibility index (Phi) is 5.07. The molecule has 18 heavy (non-hydrogen) atoms. The van der Waals surface area contributed by atoms with Gasteiger partial charge >= 0.3 is 6.09 Å². The zero-order valence-corrected chi connectivity index (χ0v) is 11.5. The molecule has 0 aliphatic carbocycles. The zero-order chi connectivity index (χ0) is 13.6. The minimum absolute atomic E-state index is 0.290. The molecule has 1 aromatic rings. The molecule has 0 N–H and O–H groups in total. The van der Waals surface area contributed by atoms with Crippen LogP contribution in [0, 0.1) is 0 Å². The lowest BCUT2D eigenvalue weighted by Gasteiger charge is -2.24. The van der Waals surface area contributed by atoms with E-state index < -0.39 is 5.60 Å². The van der Waals surface area contributed by atoms with Gasteiger partial charge in [0.05, 0.1) is 5.69 Å². The van der Waals surface area contributed by atoms with E-state index in [4.69, 9.17) is 4.74 Å². The summed E-state index contributed by atoms with van der Waals surface area (Å²) in [5.41, 5.74) is 0.492. The SMILES string of the molecule is CN(CCCc1cnccn1)C(=O)OC(C)(C)C. The number of aryl methyl sites for hydroxylation is 1. The van der Waals surface area contributed by atoms with Crippen LogP contribution in [0.5, 0.6) is 0 Å². The van der Waals surface area contributed by atoms with E-state index in [0.717, 1.165) is 18.5 Å². The van der Waals surface area contributed by atoms with Crippen LogP contribution >= 0.6 is 0 Å². The average molecular weight is 251 g/mol. The van der Waals surface area contributed by atoms with Crippen LogP contribution in [-0.4, -0.2) is 40.2 Å². The molecule has 0 saturated heterocycles. The predicted octanol–water partition coefficient (Wildman–Crippen LogP) is 2.28. The topological polar surface area (TPSA) is 55.3 Å². The van der Waals surface area contributed by atoms with Gasteiger partial charge in [-0.3, -0.25) is 9.97 Å². The van der Waals surface area contributed by atoms with Gasteiger partial charge in [0, 0.05) is 32.2 Å². The molecule has 0 radical (unpaired) electrons. The normalized spacial score (nSPS) is 11.1. The second kappa shape index (κ2) is 6.33. The van der Waals surface area contributed by atoms with Crippen LogP contribution in [0.15, 0.2) is 18.6 Å². The van der Waals surface area contributed by atoms with Gasteiger partial charge in [-0.2, -0.15) is 0 Å². The molecule has 0 saturated carbocycles.